The number of aromatic nitrogens is 2. The van der Waals surface area contributed by atoms with Gasteiger partial charge >= 0.3 is 0 Å². The van der Waals surface area contributed by atoms with Crippen molar-refractivity contribution in [3.63, 3.8) is 0 Å². The van der Waals surface area contributed by atoms with Crippen LogP contribution in [0.4, 0.5) is 5.82 Å². The molecule has 4 nitrogen and oxygen atoms in total. The van der Waals surface area contributed by atoms with E-state index < -0.39 is 0 Å². The standard InChI is InChI=1S/C10H17N3O/c1-8-5-9(12-11-6-8)13(4)10(2,3)7-14/h5-6,14H,7H2,1-4H3. The van der Waals surface area contributed by atoms with Gasteiger partial charge in [-0.15, -0.1) is 5.10 Å². The Labute approximate surface area is 84.6 Å². The molecule has 0 atom stereocenters. The molecule has 1 N–H and O–H groups in total. The van der Waals surface area contributed by atoms with Crippen LogP contribution in [-0.4, -0.2) is 34.5 Å². The molecule has 4 heteroatoms. The first-order chi connectivity index (χ1) is 6.47. The zero-order valence-electron chi connectivity index (χ0n) is 9.15. The van der Waals surface area contributed by atoms with Gasteiger partial charge in [-0.3, -0.25) is 0 Å². The summed E-state index contributed by atoms with van der Waals surface area (Å²) < 4.78 is 0. The van der Waals surface area contributed by atoms with Gasteiger partial charge in [-0.25, -0.2) is 0 Å². The van der Waals surface area contributed by atoms with Crippen molar-refractivity contribution in [3.8, 4) is 0 Å². The third kappa shape index (κ3) is 2.20. The Hall–Kier alpha value is -1.16. The molecule has 0 unspecified atom stereocenters. The molecular formula is C10H17N3O. The molecule has 0 aliphatic heterocycles. The van der Waals surface area contributed by atoms with Crippen molar-refractivity contribution in [3.05, 3.63) is 17.8 Å². The third-order valence-electron chi connectivity index (χ3n) is 2.42. The van der Waals surface area contributed by atoms with Crippen LogP contribution in [0.5, 0.6) is 0 Å². The van der Waals surface area contributed by atoms with Crippen LogP contribution < -0.4 is 4.90 Å². The molecule has 1 heterocycles. The first kappa shape index (κ1) is 10.9. The van der Waals surface area contributed by atoms with Crippen LogP contribution >= 0.6 is 0 Å². The summed E-state index contributed by atoms with van der Waals surface area (Å²) >= 11 is 0. The van der Waals surface area contributed by atoms with E-state index in [-0.39, 0.29) is 12.1 Å². The summed E-state index contributed by atoms with van der Waals surface area (Å²) in [7, 11) is 1.90. The molecule has 1 aromatic heterocycles. The third-order valence-corrected chi connectivity index (χ3v) is 2.42. The average molecular weight is 195 g/mol. The lowest BCUT2D eigenvalue weighted by molar-refractivity contribution is 0.215. The summed E-state index contributed by atoms with van der Waals surface area (Å²) in [5.74, 6) is 0.782. The molecular weight excluding hydrogens is 178 g/mol. The quantitative estimate of drug-likeness (QED) is 0.781. The second-order valence-corrected chi connectivity index (χ2v) is 4.12. The Bertz CT molecular complexity index is 312. The average Bonchev–Trinajstić information content (AvgIpc) is 2.16. The number of anilines is 1. The van der Waals surface area contributed by atoms with E-state index in [2.05, 4.69) is 10.2 Å². The summed E-state index contributed by atoms with van der Waals surface area (Å²) in [6.07, 6.45) is 1.71. The van der Waals surface area contributed by atoms with Crippen LogP contribution in [0.1, 0.15) is 19.4 Å². The first-order valence-electron chi connectivity index (χ1n) is 4.61. The molecule has 0 fully saturated rings. The van der Waals surface area contributed by atoms with Gasteiger partial charge in [0.1, 0.15) is 0 Å². The fourth-order valence-corrected chi connectivity index (χ4v) is 1.03. The lowest BCUT2D eigenvalue weighted by Gasteiger charge is -2.34. The van der Waals surface area contributed by atoms with E-state index in [9.17, 15) is 5.11 Å². The maximum absolute atomic E-state index is 9.21. The lowest BCUT2D eigenvalue weighted by atomic mass is 10.1. The monoisotopic (exact) mass is 195 g/mol. The highest BCUT2D eigenvalue weighted by Crippen LogP contribution is 2.19. The van der Waals surface area contributed by atoms with Gasteiger partial charge in [-0.2, -0.15) is 5.10 Å². The predicted octanol–water partition coefficient (Wildman–Crippen LogP) is 0.992. The molecule has 0 amide bonds. The summed E-state index contributed by atoms with van der Waals surface area (Å²) in [5.41, 5.74) is 0.748. The van der Waals surface area contributed by atoms with Crippen LogP contribution in [0.3, 0.4) is 0 Å². The summed E-state index contributed by atoms with van der Waals surface area (Å²) in [5, 5.41) is 17.1. The number of rotatable bonds is 3. The highest BCUT2D eigenvalue weighted by molar-refractivity contribution is 5.41. The smallest absolute Gasteiger partial charge is 0.151 e. The van der Waals surface area contributed by atoms with E-state index in [1.165, 1.54) is 0 Å². The highest BCUT2D eigenvalue weighted by atomic mass is 16.3. The zero-order chi connectivity index (χ0) is 10.8. The van der Waals surface area contributed by atoms with Crippen molar-refractivity contribution < 1.29 is 5.11 Å². The van der Waals surface area contributed by atoms with Crippen LogP contribution in [0.2, 0.25) is 0 Å². The number of aliphatic hydroxyl groups is 1. The van der Waals surface area contributed by atoms with Gasteiger partial charge in [-0.05, 0) is 32.4 Å². The number of aryl methyl sites for hydroxylation is 1. The van der Waals surface area contributed by atoms with Crippen LogP contribution in [-0.2, 0) is 0 Å². The van der Waals surface area contributed by atoms with Crippen molar-refractivity contribution >= 4 is 5.82 Å². The van der Waals surface area contributed by atoms with E-state index in [1.54, 1.807) is 6.20 Å². The van der Waals surface area contributed by atoms with Gasteiger partial charge in [0, 0.05) is 7.05 Å². The SMILES string of the molecule is Cc1cnnc(N(C)C(C)(C)CO)c1. The van der Waals surface area contributed by atoms with Crippen LogP contribution in [0, 0.1) is 6.92 Å². The number of hydrogen-bond donors (Lipinski definition) is 1. The van der Waals surface area contributed by atoms with Crippen molar-refractivity contribution in [2.24, 2.45) is 0 Å². The molecule has 14 heavy (non-hydrogen) atoms. The summed E-state index contributed by atoms with van der Waals surface area (Å²) in [6, 6.07) is 1.95. The largest absolute Gasteiger partial charge is 0.394 e. The normalized spacial score (nSPS) is 11.5. The predicted molar refractivity (Wildman–Crippen MR) is 56.3 cm³/mol. The van der Waals surface area contributed by atoms with Crippen molar-refractivity contribution in [1.29, 1.82) is 0 Å². The van der Waals surface area contributed by atoms with E-state index in [0.29, 0.717) is 0 Å². The second kappa shape index (κ2) is 3.92. The maximum atomic E-state index is 9.21. The second-order valence-electron chi connectivity index (χ2n) is 4.12. The zero-order valence-corrected chi connectivity index (χ0v) is 9.15. The lowest BCUT2D eigenvalue weighted by Crippen LogP contribution is -2.44. The molecule has 1 rings (SSSR count). The van der Waals surface area contributed by atoms with E-state index in [4.69, 9.17) is 0 Å². The van der Waals surface area contributed by atoms with E-state index in [0.717, 1.165) is 11.4 Å². The van der Waals surface area contributed by atoms with Gasteiger partial charge in [-0.1, -0.05) is 0 Å². The maximum Gasteiger partial charge on any atom is 0.151 e. The van der Waals surface area contributed by atoms with Gasteiger partial charge in [0.25, 0.3) is 0 Å². The Morgan fingerprint density at radius 2 is 2.14 bits per heavy atom. The van der Waals surface area contributed by atoms with Gasteiger partial charge in [0.2, 0.25) is 0 Å². The fraction of sp³-hybridized carbons (Fsp3) is 0.600. The molecule has 0 radical (unpaired) electrons. The number of aliphatic hydroxyl groups excluding tert-OH is 1. The molecule has 0 saturated heterocycles. The fourth-order valence-electron chi connectivity index (χ4n) is 1.03. The van der Waals surface area contributed by atoms with Crippen LogP contribution in [0.15, 0.2) is 12.3 Å². The number of hydrogen-bond acceptors (Lipinski definition) is 4. The molecule has 0 bridgehead atoms. The molecule has 0 aliphatic rings. The topological polar surface area (TPSA) is 49.2 Å². The number of likely N-dealkylation sites (N-methyl/N-ethyl adjacent to an activating group) is 1. The summed E-state index contributed by atoms with van der Waals surface area (Å²) in [4.78, 5) is 1.92. The van der Waals surface area contributed by atoms with Crippen LogP contribution in [0.25, 0.3) is 0 Å². The molecule has 0 aromatic carbocycles. The van der Waals surface area contributed by atoms with E-state index >= 15 is 0 Å². The van der Waals surface area contributed by atoms with Gasteiger partial charge < -0.3 is 10.0 Å². The Balaban J connectivity index is 2.94. The number of nitrogens with zero attached hydrogens (tertiary/aromatic N) is 3. The minimum atomic E-state index is -0.317. The first-order valence-corrected chi connectivity index (χ1v) is 4.61. The van der Waals surface area contributed by atoms with Crippen molar-refractivity contribution in [1.82, 2.24) is 10.2 Å². The van der Waals surface area contributed by atoms with Gasteiger partial charge in [0.15, 0.2) is 5.82 Å². The van der Waals surface area contributed by atoms with E-state index in [1.807, 2.05) is 38.8 Å². The highest BCUT2D eigenvalue weighted by Gasteiger charge is 2.23. The molecule has 0 saturated carbocycles. The minimum absolute atomic E-state index is 0.0825. The van der Waals surface area contributed by atoms with Gasteiger partial charge in [0.05, 0.1) is 18.3 Å². The minimum Gasteiger partial charge on any atom is -0.394 e. The van der Waals surface area contributed by atoms with Crippen molar-refractivity contribution in [2.45, 2.75) is 26.3 Å². The molecule has 0 aliphatic carbocycles. The summed E-state index contributed by atoms with van der Waals surface area (Å²) in [6.45, 7) is 5.96. The molecule has 0 spiro atoms. The molecule has 1 aromatic rings. The Morgan fingerprint density at radius 3 is 2.64 bits per heavy atom. The molecule has 78 valence electrons. The Morgan fingerprint density at radius 1 is 1.50 bits per heavy atom. The van der Waals surface area contributed by atoms with Crippen molar-refractivity contribution in [2.75, 3.05) is 18.6 Å². The Kier molecular flexibility index (Phi) is 3.06.